The number of nitrogens with zero attached hydrogens (tertiary/aromatic N) is 1. The van der Waals surface area contributed by atoms with Crippen molar-refractivity contribution >= 4 is 17.2 Å². The molecular weight excluding hydrogens is 160 g/mol. The Bertz CT molecular complexity index is 220. The van der Waals surface area contributed by atoms with Gasteiger partial charge in [-0.05, 0) is 6.92 Å². The van der Waals surface area contributed by atoms with Crippen molar-refractivity contribution in [3.8, 4) is 0 Å². The van der Waals surface area contributed by atoms with Gasteiger partial charge in [-0.2, -0.15) is 0 Å². The third-order valence-electron chi connectivity index (χ3n) is 1.10. The number of hydrogen-bond donors (Lipinski definition) is 1. The minimum absolute atomic E-state index is 0.270. The Morgan fingerprint density at radius 2 is 2.73 bits per heavy atom. The van der Waals surface area contributed by atoms with Crippen molar-refractivity contribution in [1.82, 2.24) is 4.98 Å². The van der Waals surface area contributed by atoms with Crippen molar-refractivity contribution < 1.29 is 4.74 Å². The number of hydrogen-bond acceptors (Lipinski definition) is 4. The molecule has 4 heteroatoms. The maximum Gasteiger partial charge on any atom is 0.186 e. The van der Waals surface area contributed by atoms with Crippen LogP contribution >= 0.6 is 11.3 Å². The molecule has 1 heterocycles. The molecular formula is C7H9N2OS. The molecule has 1 aromatic rings. The predicted octanol–water partition coefficient (Wildman–Crippen LogP) is 1.50. The lowest BCUT2D eigenvalue weighted by Gasteiger charge is -2.00. The molecule has 0 fully saturated rings. The summed E-state index contributed by atoms with van der Waals surface area (Å²) in [6.45, 7) is 2.41. The average Bonchev–Trinajstić information content (AvgIpc) is 2.40. The van der Waals surface area contributed by atoms with Crippen molar-refractivity contribution in [2.45, 2.75) is 13.3 Å². The molecule has 0 amide bonds. The molecule has 3 nitrogen and oxygen atoms in total. The molecule has 1 aromatic heterocycles. The SMILES string of the molecule is CCOC(=N)Cc1cs[c]n1. The summed E-state index contributed by atoms with van der Waals surface area (Å²) in [5.74, 6) is 0.270. The highest BCUT2D eigenvalue weighted by molar-refractivity contribution is 7.07. The Morgan fingerprint density at radius 3 is 3.27 bits per heavy atom. The normalized spacial score (nSPS) is 9.55. The molecule has 1 radical (unpaired) electrons. The van der Waals surface area contributed by atoms with Gasteiger partial charge in [0, 0.05) is 5.38 Å². The van der Waals surface area contributed by atoms with E-state index in [1.165, 1.54) is 11.3 Å². The summed E-state index contributed by atoms with van der Waals surface area (Å²) in [6, 6.07) is 0. The molecule has 0 aromatic carbocycles. The van der Waals surface area contributed by atoms with Crippen LogP contribution in [0.1, 0.15) is 12.6 Å². The lowest BCUT2D eigenvalue weighted by atomic mass is 10.3. The van der Waals surface area contributed by atoms with E-state index >= 15 is 0 Å². The Morgan fingerprint density at radius 1 is 1.91 bits per heavy atom. The van der Waals surface area contributed by atoms with E-state index < -0.39 is 0 Å². The van der Waals surface area contributed by atoms with Gasteiger partial charge in [0.1, 0.15) is 0 Å². The van der Waals surface area contributed by atoms with E-state index in [2.05, 4.69) is 10.5 Å². The lowest BCUT2D eigenvalue weighted by molar-refractivity contribution is 0.316. The van der Waals surface area contributed by atoms with Crippen LogP contribution in [0.3, 0.4) is 0 Å². The molecule has 0 unspecified atom stereocenters. The van der Waals surface area contributed by atoms with Crippen LogP contribution < -0.4 is 0 Å². The van der Waals surface area contributed by atoms with Crippen LogP contribution in [-0.2, 0) is 11.2 Å². The second kappa shape index (κ2) is 4.08. The van der Waals surface area contributed by atoms with E-state index in [0.29, 0.717) is 13.0 Å². The highest BCUT2D eigenvalue weighted by Gasteiger charge is 2.00. The Balaban J connectivity index is 2.37. The monoisotopic (exact) mass is 169 g/mol. The Hall–Kier alpha value is -0.900. The minimum atomic E-state index is 0.270. The van der Waals surface area contributed by atoms with Gasteiger partial charge in [0.15, 0.2) is 11.4 Å². The number of aromatic nitrogens is 1. The second-order valence-electron chi connectivity index (χ2n) is 1.96. The lowest BCUT2D eigenvalue weighted by Crippen LogP contribution is -2.06. The van der Waals surface area contributed by atoms with Crippen LogP contribution in [0, 0.1) is 10.9 Å². The minimum Gasteiger partial charge on any atom is -0.481 e. The summed E-state index contributed by atoms with van der Waals surface area (Å²) in [7, 11) is 0. The van der Waals surface area contributed by atoms with Gasteiger partial charge in [-0.3, -0.25) is 5.41 Å². The molecule has 1 N–H and O–H groups in total. The smallest absolute Gasteiger partial charge is 0.186 e. The molecule has 0 saturated carbocycles. The summed E-state index contributed by atoms with van der Waals surface area (Å²) in [5.41, 5.74) is 3.57. The van der Waals surface area contributed by atoms with Crippen molar-refractivity contribution in [1.29, 1.82) is 5.41 Å². The second-order valence-corrected chi connectivity index (χ2v) is 2.62. The van der Waals surface area contributed by atoms with Gasteiger partial charge in [0.05, 0.1) is 18.7 Å². The zero-order valence-electron chi connectivity index (χ0n) is 6.26. The molecule has 0 bridgehead atoms. The maximum absolute atomic E-state index is 7.29. The Kier molecular flexibility index (Phi) is 3.04. The quantitative estimate of drug-likeness (QED) is 0.550. The molecule has 59 valence electrons. The predicted molar refractivity (Wildman–Crippen MR) is 44.0 cm³/mol. The van der Waals surface area contributed by atoms with Crippen molar-refractivity contribution in [2.75, 3.05) is 6.61 Å². The maximum atomic E-state index is 7.29. The standard InChI is InChI=1S/C7H9N2OS/c1-2-10-7(8)3-6-4-11-5-9-6/h4,8H,2-3H2,1H3. The van der Waals surface area contributed by atoms with Gasteiger partial charge < -0.3 is 4.74 Å². The molecule has 0 atom stereocenters. The zero-order valence-corrected chi connectivity index (χ0v) is 7.07. The average molecular weight is 169 g/mol. The van der Waals surface area contributed by atoms with Crippen molar-refractivity contribution in [3.63, 3.8) is 0 Å². The number of thiazole rings is 1. The van der Waals surface area contributed by atoms with Crippen LogP contribution in [0.2, 0.25) is 0 Å². The van der Waals surface area contributed by atoms with Crippen LogP contribution in [0.5, 0.6) is 0 Å². The fourth-order valence-electron chi connectivity index (χ4n) is 0.677. The van der Waals surface area contributed by atoms with Gasteiger partial charge in [0.25, 0.3) is 0 Å². The molecule has 0 aliphatic rings. The van der Waals surface area contributed by atoms with Crippen LogP contribution in [-0.4, -0.2) is 17.5 Å². The highest BCUT2D eigenvalue weighted by Crippen LogP contribution is 2.01. The third-order valence-corrected chi connectivity index (χ3v) is 1.68. The molecule has 0 spiro atoms. The molecule has 0 aliphatic carbocycles. The third kappa shape index (κ3) is 2.67. The largest absolute Gasteiger partial charge is 0.481 e. The van der Waals surface area contributed by atoms with E-state index in [4.69, 9.17) is 10.1 Å². The van der Waals surface area contributed by atoms with E-state index in [9.17, 15) is 0 Å². The first-order valence-corrected chi connectivity index (χ1v) is 4.21. The van der Waals surface area contributed by atoms with Gasteiger partial charge in [-0.25, -0.2) is 4.98 Å². The topological polar surface area (TPSA) is 46.0 Å². The highest BCUT2D eigenvalue weighted by atomic mass is 32.1. The molecule has 11 heavy (non-hydrogen) atoms. The van der Waals surface area contributed by atoms with Crippen molar-refractivity contribution in [3.05, 3.63) is 16.6 Å². The van der Waals surface area contributed by atoms with Gasteiger partial charge >= 0.3 is 0 Å². The zero-order chi connectivity index (χ0) is 8.10. The Labute approximate surface area is 69.6 Å². The summed E-state index contributed by atoms with van der Waals surface area (Å²) in [5, 5.41) is 9.16. The van der Waals surface area contributed by atoms with E-state index in [1.807, 2.05) is 12.3 Å². The first kappa shape index (κ1) is 8.20. The fraction of sp³-hybridized carbons (Fsp3) is 0.429. The van der Waals surface area contributed by atoms with E-state index in [0.717, 1.165) is 5.69 Å². The molecule has 1 rings (SSSR count). The van der Waals surface area contributed by atoms with Crippen LogP contribution in [0.4, 0.5) is 0 Å². The summed E-state index contributed by atoms with van der Waals surface area (Å²) in [4.78, 5) is 3.91. The van der Waals surface area contributed by atoms with Crippen molar-refractivity contribution in [2.24, 2.45) is 0 Å². The number of rotatable bonds is 3. The first-order valence-electron chi connectivity index (χ1n) is 3.33. The fourth-order valence-corrected chi connectivity index (χ4v) is 1.17. The molecule has 0 aliphatic heterocycles. The van der Waals surface area contributed by atoms with Crippen LogP contribution in [0.25, 0.3) is 0 Å². The van der Waals surface area contributed by atoms with E-state index in [1.54, 1.807) is 0 Å². The van der Waals surface area contributed by atoms with Gasteiger partial charge in [-0.15, -0.1) is 11.3 Å². The summed E-state index contributed by atoms with van der Waals surface area (Å²) < 4.78 is 4.95. The van der Waals surface area contributed by atoms with Gasteiger partial charge in [-0.1, -0.05) is 0 Å². The van der Waals surface area contributed by atoms with E-state index in [-0.39, 0.29) is 5.90 Å². The molecule has 0 saturated heterocycles. The summed E-state index contributed by atoms with van der Waals surface area (Å²) in [6.07, 6.45) is 0.480. The number of ether oxygens (including phenoxy) is 1. The number of nitrogens with one attached hydrogen (secondary N) is 1. The first-order chi connectivity index (χ1) is 5.33. The van der Waals surface area contributed by atoms with Crippen LogP contribution in [0.15, 0.2) is 5.38 Å². The van der Waals surface area contributed by atoms with Gasteiger partial charge in [0.2, 0.25) is 0 Å². The summed E-state index contributed by atoms with van der Waals surface area (Å²) >= 11 is 1.41.